The Hall–Kier alpha value is -2.77. The second-order valence-corrected chi connectivity index (χ2v) is 6.91. The molecule has 7 heteroatoms. The number of hydrogen-bond acceptors (Lipinski definition) is 4. The zero-order valence-electron chi connectivity index (χ0n) is 14.8. The van der Waals surface area contributed by atoms with E-state index >= 15 is 0 Å². The Morgan fingerprint density at radius 1 is 1.26 bits per heavy atom. The van der Waals surface area contributed by atoms with Gasteiger partial charge in [-0.2, -0.15) is 0 Å². The van der Waals surface area contributed by atoms with Crippen LogP contribution in [0.3, 0.4) is 0 Å². The number of aromatic nitrogens is 2. The number of ether oxygens (including phenoxy) is 1. The first kappa shape index (κ1) is 17.6. The highest BCUT2D eigenvalue weighted by Gasteiger charge is 2.35. The Kier molecular flexibility index (Phi) is 4.63. The Morgan fingerprint density at radius 3 is 2.81 bits per heavy atom. The number of imidazole rings is 1. The van der Waals surface area contributed by atoms with Crippen molar-refractivity contribution in [3.8, 4) is 0 Å². The average molecular weight is 368 g/mol. The topological polar surface area (TPSA) is 93.0 Å². The van der Waals surface area contributed by atoms with Crippen molar-refractivity contribution in [2.45, 2.75) is 24.8 Å². The summed E-state index contributed by atoms with van der Waals surface area (Å²) in [5, 5.41) is 2.89. The van der Waals surface area contributed by atoms with Crippen LogP contribution in [0.25, 0.3) is 11.0 Å². The van der Waals surface area contributed by atoms with Crippen LogP contribution in [-0.2, 0) is 16.0 Å². The van der Waals surface area contributed by atoms with E-state index in [0.29, 0.717) is 49.6 Å². The number of aromatic amines is 1. The van der Waals surface area contributed by atoms with Crippen molar-refractivity contribution in [1.82, 2.24) is 9.97 Å². The second-order valence-electron chi connectivity index (χ2n) is 6.91. The number of nitrogens with two attached hydrogens (primary N) is 1. The maximum atomic E-state index is 13.8. The highest BCUT2D eigenvalue weighted by molar-refractivity contribution is 5.99. The van der Waals surface area contributed by atoms with Crippen LogP contribution in [0.4, 0.5) is 10.1 Å². The monoisotopic (exact) mass is 368 g/mol. The molecule has 140 valence electrons. The molecule has 2 aromatic carbocycles. The van der Waals surface area contributed by atoms with E-state index < -0.39 is 5.54 Å². The number of halogens is 1. The lowest BCUT2D eigenvalue weighted by molar-refractivity contribution is -0.124. The minimum absolute atomic E-state index is 0.212. The molecule has 2 heterocycles. The SMILES string of the molecule is NC1(C(=O)Nc2ccc3nc(Cc4ccccc4F)[nH]c3c2)CCOCC1. The molecule has 0 bridgehead atoms. The first-order chi connectivity index (χ1) is 13.0. The van der Waals surface area contributed by atoms with Crippen molar-refractivity contribution in [2.24, 2.45) is 5.73 Å². The lowest BCUT2D eigenvalue weighted by Crippen LogP contribution is -2.54. The molecule has 0 aliphatic carbocycles. The zero-order valence-corrected chi connectivity index (χ0v) is 14.8. The quantitative estimate of drug-likeness (QED) is 0.660. The molecule has 1 aliphatic heterocycles. The number of rotatable bonds is 4. The molecule has 0 spiro atoms. The summed E-state index contributed by atoms with van der Waals surface area (Å²) in [7, 11) is 0. The lowest BCUT2D eigenvalue weighted by atomic mass is 9.90. The second kappa shape index (κ2) is 7.09. The van der Waals surface area contributed by atoms with E-state index in [4.69, 9.17) is 10.5 Å². The highest BCUT2D eigenvalue weighted by atomic mass is 19.1. The van der Waals surface area contributed by atoms with Gasteiger partial charge < -0.3 is 20.8 Å². The van der Waals surface area contributed by atoms with E-state index in [9.17, 15) is 9.18 Å². The van der Waals surface area contributed by atoms with Crippen LogP contribution < -0.4 is 11.1 Å². The van der Waals surface area contributed by atoms with Crippen molar-refractivity contribution >= 4 is 22.6 Å². The number of carbonyl (C=O) groups excluding carboxylic acids is 1. The average Bonchev–Trinajstić information content (AvgIpc) is 3.06. The molecule has 4 N–H and O–H groups in total. The fourth-order valence-corrected chi connectivity index (χ4v) is 3.26. The number of nitrogens with one attached hydrogen (secondary N) is 2. The van der Waals surface area contributed by atoms with Crippen LogP contribution >= 0.6 is 0 Å². The molecular formula is C20H21FN4O2. The largest absolute Gasteiger partial charge is 0.381 e. The van der Waals surface area contributed by atoms with Gasteiger partial charge in [0.15, 0.2) is 0 Å². The van der Waals surface area contributed by atoms with Gasteiger partial charge in [0.2, 0.25) is 5.91 Å². The number of fused-ring (bicyclic) bond motifs is 1. The summed E-state index contributed by atoms with van der Waals surface area (Å²) >= 11 is 0. The summed E-state index contributed by atoms with van der Waals surface area (Å²) in [5.74, 6) is 0.199. The summed E-state index contributed by atoms with van der Waals surface area (Å²) in [6.45, 7) is 0.978. The third-order valence-corrected chi connectivity index (χ3v) is 4.94. The third kappa shape index (κ3) is 3.70. The van der Waals surface area contributed by atoms with Gasteiger partial charge in [0, 0.05) is 25.3 Å². The molecule has 6 nitrogen and oxygen atoms in total. The molecule has 0 atom stereocenters. The summed E-state index contributed by atoms with van der Waals surface area (Å²) in [4.78, 5) is 20.2. The summed E-state index contributed by atoms with van der Waals surface area (Å²) < 4.78 is 19.1. The normalized spacial score (nSPS) is 16.4. The van der Waals surface area contributed by atoms with Crippen molar-refractivity contribution in [3.05, 3.63) is 59.7 Å². The molecule has 1 aliphatic rings. The van der Waals surface area contributed by atoms with Crippen LogP contribution in [0.2, 0.25) is 0 Å². The number of anilines is 1. The van der Waals surface area contributed by atoms with Gasteiger partial charge in [0.05, 0.1) is 11.0 Å². The van der Waals surface area contributed by atoms with E-state index in [1.165, 1.54) is 6.07 Å². The first-order valence-corrected chi connectivity index (χ1v) is 8.94. The van der Waals surface area contributed by atoms with E-state index in [2.05, 4.69) is 15.3 Å². The van der Waals surface area contributed by atoms with Gasteiger partial charge in [-0.15, -0.1) is 0 Å². The maximum absolute atomic E-state index is 13.8. The van der Waals surface area contributed by atoms with Crippen LogP contribution in [0.1, 0.15) is 24.2 Å². The zero-order chi connectivity index (χ0) is 18.9. The Balaban J connectivity index is 1.52. The molecule has 1 saturated heterocycles. The Bertz CT molecular complexity index is 979. The number of benzene rings is 2. The predicted octanol–water partition coefficient (Wildman–Crippen LogP) is 2.74. The maximum Gasteiger partial charge on any atom is 0.244 e. The number of carbonyl (C=O) groups is 1. The van der Waals surface area contributed by atoms with Crippen LogP contribution in [0, 0.1) is 5.82 Å². The number of amides is 1. The molecule has 0 radical (unpaired) electrons. The molecule has 1 amide bonds. The molecule has 0 unspecified atom stereocenters. The van der Waals surface area contributed by atoms with Crippen LogP contribution in [0.15, 0.2) is 42.5 Å². The van der Waals surface area contributed by atoms with Gasteiger partial charge in [-0.1, -0.05) is 18.2 Å². The summed E-state index contributed by atoms with van der Waals surface area (Å²) in [5.41, 5.74) is 8.07. The first-order valence-electron chi connectivity index (χ1n) is 8.94. The third-order valence-electron chi connectivity index (χ3n) is 4.94. The van der Waals surface area contributed by atoms with Crippen molar-refractivity contribution in [2.75, 3.05) is 18.5 Å². The smallest absolute Gasteiger partial charge is 0.244 e. The van der Waals surface area contributed by atoms with Gasteiger partial charge in [0.1, 0.15) is 17.2 Å². The summed E-state index contributed by atoms with van der Waals surface area (Å²) in [6.07, 6.45) is 1.37. The van der Waals surface area contributed by atoms with Crippen molar-refractivity contribution < 1.29 is 13.9 Å². The molecule has 1 fully saturated rings. The number of nitrogens with zero attached hydrogens (tertiary/aromatic N) is 1. The van der Waals surface area contributed by atoms with Gasteiger partial charge in [-0.25, -0.2) is 9.37 Å². The van der Waals surface area contributed by atoms with Crippen molar-refractivity contribution in [1.29, 1.82) is 0 Å². The molecular weight excluding hydrogens is 347 g/mol. The standard InChI is InChI=1S/C20H21FN4O2/c21-15-4-2-1-3-13(15)11-18-24-16-6-5-14(12-17(16)25-18)23-19(26)20(22)7-9-27-10-8-20/h1-6,12H,7-11,22H2,(H,23,26)(H,24,25). The fourth-order valence-electron chi connectivity index (χ4n) is 3.26. The van der Waals surface area contributed by atoms with Crippen LogP contribution in [-0.4, -0.2) is 34.6 Å². The van der Waals surface area contributed by atoms with E-state index in [-0.39, 0.29) is 11.7 Å². The van der Waals surface area contributed by atoms with E-state index in [1.54, 1.807) is 24.3 Å². The molecule has 1 aromatic heterocycles. The van der Waals surface area contributed by atoms with Crippen molar-refractivity contribution in [3.63, 3.8) is 0 Å². The fraction of sp³-hybridized carbons (Fsp3) is 0.300. The number of H-pyrrole nitrogens is 1. The van der Waals surface area contributed by atoms with E-state index in [0.717, 1.165) is 11.0 Å². The van der Waals surface area contributed by atoms with Gasteiger partial charge in [-0.3, -0.25) is 4.79 Å². The van der Waals surface area contributed by atoms with E-state index in [1.807, 2.05) is 12.1 Å². The summed E-state index contributed by atoms with van der Waals surface area (Å²) in [6, 6.07) is 12.1. The molecule has 27 heavy (non-hydrogen) atoms. The lowest BCUT2D eigenvalue weighted by Gasteiger charge is -2.31. The molecule has 3 aromatic rings. The van der Waals surface area contributed by atoms with Gasteiger partial charge in [0.25, 0.3) is 0 Å². The Morgan fingerprint density at radius 2 is 2.04 bits per heavy atom. The van der Waals surface area contributed by atoms with Gasteiger partial charge in [-0.05, 0) is 42.7 Å². The minimum atomic E-state index is -0.906. The minimum Gasteiger partial charge on any atom is -0.381 e. The highest BCUT2D eigenvalue weighted by Crippen LogP contribution is 2.23. The predicted molar refractivity (Wildman–Crippen MR) is 101 cm³/mol. The Labute approximate surface area is 155 Å². The number of hydrogen-bond donors (Lipinski definition) is 3. The molecule has 0 saturated carbocycles. The molecule has 4 rings (SSSR count). The van der Waals surface area contributed by atoms with Crippen LogP contribution in [0.5, 0.6) is 0 Å². The van der Waals surface area contributed by atoms with Gasteiger partial charge >= 0.3 is 0 Å².